The molecule has 0 bridgehead atoms. The van der Waals surface area contributed by atoms with E-state index in [0.29, 0.717) is 12.1 Å². The van der Waals surface area contributed by atoms with E-state index in [0.717, 1.165) is 6.42 Å². The van der Waals surface area contributed by atoms with Crippen molar-refractivity contribution in [2.45, 2.75) is 19.8 Å². The zero-order valence-electron chi connectivity index (χ0n) is 6.26. The summed E-state index contributed by atoms with van der Waals surface area (Å²) in [5.41, 5.74) is 5.26. The van der Waals surface area contributed by atoms with E-state index in [9.17, 15) is 4.79 Å². The zero-order chi connectivity index (χ0) is 7.98. The molecule has 0 aliphatic carbocycles. The first-order valence-electron chi connectivity index (χ1n) is 3.12. The van der Waals surface area contributed by atoms with Gasteiger partial charge in [0.25, 0.3) is 5.91 Å². The van der Waals surface area contributed by atoms with Crippen molar-refractivity contribution in [1.29, 1.82) is 0 Å². The molecular formula is C6H12N2O2. The molecule has 0 atom stereocenters. The molecule has 0 heterocycles. The van der Waals surface area contributed by atoms with Crippen molar-refractivity contribution in [2.75, 3.05) is 7.11 Å². The molecule has 0 fully saturated rings. The summed E-state index contributed by atoms with van der Waals surface area (Å²) in [6.45, 7) is 1.94. The van der Waals surface area contributed by atoms with Crippen molar-refractivity contribution >= 4 is 11.6 Å². The largest absolute Gasteiger partial charge is 0.399 e. The molecule has 10 heavy (non-hydrogen) atoms. The van der Waals surface area contributed by atoms with Gasteiger partial charge >= 0.3 is 0 Å². The van der Waals surface area contributed by atoms with E-state index in [2.05, 4.69) is 9.99 Å². The molecule has 0 rings (SSSR count). The molecule has 0 aliphatic heterocycles. The maximum atomic E-state index is 10.5. The van der Waals surface area contributed by atoms with E-state index >= 15 is 0 Å². The van der Waals surface area contributed by atoms with Crippen molar-refractivity contribution in [1.82, 2.24) is 0 Å². The van der Waals surface area contributed by atoms with Gasteiger partial charge in [-0.25, -0.2) is 0 Å². The van der Waals surface area contributed by atoms with Crippen molar-refractivity contribution in [3.63, 3.8) is 0 Å². The average Bonchev–Trinajstić information content (AvgIpc) is 1.87. The summed E-state index contributed by atoms with van der Waals surface area (Å²) in [4.78, 5) is 14.9. The molecule has 0 aromatic rings. The fraction of sp³-hybridized carbons (Fsp3) is 0.667. The Bertz CT molecular complexity index is 143. The highest BCUT2D eigenvalue weighted by Crippen LogP contribution is 1.91. The normalized spacial score (nSPS) is 11.2. The van der Waals surface area contributed by atoms with Gasteiger partial charge in [0.1, 0.15) is 12.8 Å². The summed E-state index contributed by atoms with van der Waals surface area (Å²) in [6, 6.07) is 0. The molecule has 2 N–H and O–H groups in total. The van der Waals surface area contributed by atoms with Crippen LogP contribution in [0.25, 0.3) is 0 Å². The number of carbonyl (C=O) groups is 1. The van der Waals surface area contributed by atoms with Crippen LogP contribution < -0.4 is 5.73 Å². The Hall–Kier alpha value is -1.06. The predicted octanol–water partition coefficient (Wildman–Crippen LogP) is 0.274. The quantitative estimate of drug-likeness (QED) is 0.454. The molecular weight excluding hydrogens is 132 g/mol. The monoisotopic (exact) mass is 144 g/mol. The molecule has 0 spiro atoms. The van der Waals surface area contributed by atoms with Gasteiger partial charge in [-0.1, -0.05) is 18.5 Å². The maximum Gasteiger partial charge on any atom is 0.266 e. The third kappa shape index (κ3) is 3.06. The van der Waals surface area contributed by atoms with Crippen LogP contribution in [0.2, 0.25) is 0 Å². The second kappa shape index (κ2) is 4.78. The van der Waals surface area contributed by atoms with Crippen LogP contribution in [0.5, 0.6) is 0 Å². The lowest BCUT2D eigenvalue weighted by atomic mass is 10.2. The van der Waals surface area contributed by atoms with Gasteiger partial charge in [0, 0.05) is 0 Å². The minimum absolute atomic E-state index is 0.296. The molecule has 4 nitrogen and oxygen atoms in total. The Labute approximate surface area is 60.0 Å². The molecule has 0 saturated carbocycles. The van der Waals surface area contributed by atoms with Crippen LogP contribution in [0.4, 0.5) is 0 Å². The predicted molar refractivity (Wildman–Crippen MR) is 38.5 cm³/mol. The van der Waals surface area contributed by atoms with Crippen LogP contribution in [0.1, 0.15) is 19.8 Å². The first kappa shape index (κ1) is 8.94. The van der Waals surface area contributed by atoms with Gasteiger partial charge in [-0.15, -0.1) is 0 Å². The van der Waals surface area contributed by atoms with Gasteiger partial charge in [0.05, 0.1) is 0 Å². The molecule has 0 aromatic heterocycles. The number of hydrogen-bond donors (Lipinski definition) is 1. The minimum atomic E-state index is -0.510. The van der Waals surface area contributed by atoms with Crippen molar-refractivity contribution in [3.05, 3.63) is 0 Å². The molecule has 0 aromatic carbocycles. The van der Waals surface area contributed by atoms with Crippen LogP contribution >= 0.6 is 0 Å². The summed E-state index contributed by atoms with van der Waals surface area (Å²) >= 11 is 0. The highest BCUT2D eigenvalue weighted by Gasteiger charge is 2.04. The van der Waals surface area contributed by atoms with E-state index in [-0.39, 0.29) is 0 Å². The van der Waals surface area contributed by atoms with Gasteiger partial charge in [-0.05, 0) is 6.42 Å². The van der Waals surface area contributed by atoms with E-state index < -0.39 is 5.91 Å². The number of hydrogen-bond acceptors (Lipinski definition) is 3. The number of primary amides is 1. The molecule has 58 valence electrons. The molecule has 0 unspecified atom stereocenters. The highest BCUT2D eigenvalue weighted by atomic mass is 16.6. The van der Waals surface area contributed by atoms with Crippen molar-refractivity contribution in [2.24, 2.45) is 10.9 Å². The number of rotatable bonds is 4. The van der Waals surface area contributed by atoms with E-state index in [1.807, 2.05) is 6.92 Å². The Kier molecular flexibility index (Phi) is 4.28. The van der Waals surface area contributed by atoms with E-state index in [1.165, 1.54) is 7.11 Å². The summed E-state index contributed by atoms with van der Waals surface area (Å²) in [7, 11) is 1.39. The molecule has 1 amide bonds. The molecule has 0 saturated heterocycles. The standard InChI is InChI=1S/C6H12N2O2/c1-3-4-5(6(7)9)8-10-2/h3-4H2,1-2H3,(H2,7,9). The van der Waals surface area contributed by atoms with Crippen molar-refractivity contribution < 1.29 is 9.63 Å². The van der Waals surface area contributed by atoms with Gasteiger partial charge in [0.2, 0.25) is 0 Å². The molecule has 4 heteroatoms. The van der Waals surface area contributed by atoms with Crippen LogP contribution in [-0.2, 0) is 9.63 Å². The number of oxime groups is 1. The fourth-order valence-electron chi connectivity index (χ4n) is 0.561. The lowest BCUT2D eigenvalue weighted by Crippen LogP contribution is -2.23. The topological polar surface area (TPSA) is 64.7 Å². The lowest BCUT2D eigenvalue weighted by molar-refractivity contribution is -0.112. The van der Waals surface area contributed by atoms with Crippen LogP contribution in [0, 0.1) is 0 Å². The first-order chi connectivity index (χ1) is 4.72. The Balaban J connectivity index is 3.98. The summed E-state index contributed by atoms with van der Waals surface area (Å²) in [6.07, 6.45) is 1.41. The number of amides is 1. The second-order valence-electron chi connectivity index (χ2n) is 1.83. The minimum Gasteiger partial charge on any atom is -0.399 e. The van der Waals surface area contributed by atoms with E-state index in [1.54, 1.807) is 0 Å². The Morgan fingerprint density at radius 3 is 2.60 bits per heavy atom. The number of nitrogens with zero attached hydrogens (tertiary/aromatic N) is 1. The van der Waals surface area contributed by atoms with E-state index in [4.69, 9.17) is 5.73 Å². The average molecular weight is 144 g/mol. The third-order valence-corrected chi connectivity index (χ3v) is 0.973. The van der Waals surface area contributed by atoms with Crippen LogP contribution in [-0.4, -0.2) is 18.7 Å². The summed E-state index contributed by atoms with van der Waals surface area (Å²) < 4.78 is 0. The second-order valence-corrected chi connectivity index (χ2v) is 1.83. The van der Waals surface area contributed by atoms with Gasteiger partial charge in [0.15, 0.2) is 0 Å². The fourth-order valence-corrected chi connectivity index (χ4v) is 0.561. The SMILES string of the molecule is CCCC(=NOC)C(N)=O. The van der Waals surface area contributed by atoms with Crippen LogP contribution in [0.15, 0.2) is 5.16 Å². The lowest BCUT2D eigenvalue weighted by Gasteiger charge is -1.96. The Morgan fingerprint density at radius 2 is 2.30 bits per heavy atom. The van der Waals surface area contributed by atoms with Gasteiger partial charge < -0.3 is 10.6 Å². The number of nitrogens with two attached hydrogens (primary N) is 1. The highest BCUT2D eigenvalue weighted by molar-refractivity contribution is 6.38. The molecule has 0 radical (unpaired) electrons. The molecule has 0 aliphatic rings. The Morgan fingerprint density at radius 1 is 1.70 bits per heavy atom. The zero-order valence-corrected chi connectivity index (χ0v) is 6.26. The maximum absolute atomic E-state index is 10.5. The summed E-state index contributed by atoms with van der Waals surface area (Å²) in [5.74, 6) is -0.510. The third-order valence-electron chi connectivity index (χ3n) is 0.973. The van der Waals surface area contributed by atoms with Gasteiger partial charge in [-0.3, -0.25) is 4.79 Å². The first-order valence-corrected chi connectivity index (χ1v) is 3.12. The number of carbonyl (C=O) groups excluding carboxylic acids is 1. The summed E-state index contributed by atoms with van der Waals surface area (Å²) in [5, 5.41) is 3.46. The van der Waals surface area contributed by atoms with Crippen molar-refractivity contribution in [3.8, 4) is 0 Å². The van der Waals surface area contributed by atoms with Crippen LogP contribution in [0.3, 0.4) is 0 Å². The van der Waals surface area contributed by atoms with Gasteiger partial charge in [-0.2, -0.15) is 0 Å². The smallest absolute Gasteiger partial charge is 0.266 e.